The fraction of sp³-hybridized carbons (Fsp3) is 0.0588. The van der Waals surface area contributed by atoms with Crippen LogP contribution in [-0.4, -0.2) is 29.8 Å². The van der Waals surface area contributed by atoms with Crippen molar-refractivity contribution in [1.29, 1.82) is 0 Å². The lowest BCUT2D eigenvalue weighted by Gasteiger charge is -2.17. The first-order chi connectivity index (χ1) is 11.4. The molecular formula is C17H14N6. The molecule has 0 spiro atoms. The summed E-state index contributed by atoms with van der Waals surface area (Å²) in [7, 11) is 0. The van der Waals surface area contributed by atoms with Crippen LogP contribution in [0.3, 0.4) is 0 Å². The van der Waals surface area contributed by atoms with Crippen LogP contribution in [0.2, 0.25) is 0 Å². The van der Waals surface area contributed by atoms with Crippen molar-refractivity contribution in [3.8, 4) is 5.69 Å². The monoisotopic (exact) mass is 302 g/mol. The van der Waals surface area contributed by atoms with Crippen molar-refractivity contribution < 1.29 is 0 Å². The van der Waals surface area contributed by atoms with Gasteiger partial charge in [0.2, 0.25) is 0 Å². The van der Waals surface area contributed by atoms with E-state index in [4.69, 9.17) is 0 Å². The summed E-state index contributed by atoms with van der Waals surface area (Å²) in [6.45, 7) is 0. The summed E-state index contributed by atoms with van der Waals surface area (Å²) in [5.41, 5.74) is 3.32. The quantitative estimate of drug-likeness (QED) is 0.581. The second-order valence-corrected chi connectivity index (χ2v) is 5.16. The van der Waals surface area contributed by atoms with Crippen LogP contribution < -0.4 is 0 Å². The zero-order chi connectivity index (χ0) is 15.5. The maximum absolute atomic E-state index is 4.08. The summed E-state index contributed by atoms with van der Waals surface area (Å²) in [5.74, 6) is 0. The number of aromatic nitrogens is 6. The lowest BCUT2D eigenvalue weighted by molar-refractivity contribution is 0.570. The van der Waals surface area contributed by atoms with E-state index in [1.54, 1.807) is 23.5 Å². The number of hydrogen-bond donors (Lipinski definition) is 0. The molecule has 0 fully saturated rings. The second-order valence-electron chi connectivity index (χ2n) is 5.16. The number of tetrazole rings is 1. The van der Waals surface area contributed by atoms with Crippen molar-refractivity contribution in [2.75, 3.05) is 0 Å². The van der Waals surface area contributed by atoms with Gasteiger partial charge < -0.3 is 4.57 Å². The molecule has 6 heteroatoms. The van der Waals surface area contributed by atoms with E-state index in [1.807, 2.05) is 29.0 Å². The molecule has 6 nitrogen and oxygen atoms in total. The lowest BCUT2D eigenvalue weighted by Crippen LogP contribution is -2.13. The summed E-state index contributed by atoms with van der Waals surface area (Å²) in [5, 5.41) is 11.6. The Balaban J connectivity index is 1.75. The third kappa shape index (κ3) is 2.62. The first kappa shape index (κ1) is 13.4. The highest BCUT2D eigenvalue weighted by atomic mass is 15.5. The molecule has 1 unspecified atom stereocenters. The van der Waals surface area contributed by atoms with E-state index in [-0.39, 0.29) is 6.04 Å². The molecule has 4 rings (SSSR count). The molecule has 4 aromatic rings. The Kier molecular flexibility index (Phi) is 3.40. The van der Waals surface area contributed by atoms with Gasteiger partial charge in [0.25, 0.3) is 0 Å². The minimum absolute atomic E-state index is 0.0527. The molecule has 0 saturated carbocycles. The van der Waals surface area contributed by atoms with Crippen molar-refractivity contribution in [1.82, 2.24) is 29.8 Å². The molecule has 0 saturated heterocycles. The van der Waals surface area contributed by atoms with Gasteiger partial charge in [0.1, 0.15) is 12.4 Å². The Morgan fingerprint density at radius 2 is 1.61 bits per heavy atom. The van der Waals surface area contributed by atoms with Gasteiger partial charge in [0.15, 0.2) is 0 Å². The number of nitrogens with zero attached hydrogens (tertiary/aromatic N) is 6. The van der Waals surface area contributed by atoms with Gasteiger partial charge in [0.05, 0.1) is 6.33 Å². The van der Waals surface area contributed by atoms with Crippen molar-refractivity contribution in [2.45, 2.75) is 6.04 Å². The topological polar surface area (TPSA) is 61.4 Å². The van der Waals surface area contributed by atoms with Gasteiger partial charge in [-0.25, -0.2) is 9.67 Å². The van der Waals surface area contributed by atoms with Crippen LogP contribution in [0, 0.1) is 0 Å². The molecule has 23 heavy (non-hydrogen) atoms. The average molecular weight is 302 g/mol. The van der Waals surface area contributed by atoms with Crippen LogP contribution in [0.25, 0.3) is 5.69 Å². The summed E-state index contributed by atoms with van der Waals surface area (Å²) in [6.07, 6.45) is 7.11. The second kappa shape index (κ2) is 5.84. The predicted molar refractivity (Wildman–Crippen MR) is 85.1 cm³/mol. The van der Waals surface area contributed by atoms with Crippen molar-refractivity contribution in [3.63, 3.8) is 0 Å². The van der Waals surface area contributed by atoms with Crippen molar-refractivity contribution in [2.24, 2.45) is 0 Å². The normalized spacial score (nSPS) is 12.2. The van der Waals surface area contributed by atoms with Gasteiger partial charge in [-0.1, -0.05) is 42.5 Å². The van der Waals surface area contributed by atoms with E-state index in [2.05, 4.69) is 56.9 Å². The molecule has 2 aromatic heterocycles. The molecule has 0 aliphatic heterocycles. The first-order valence-corrected chi connectivity index (χ1v) is 7.27. The zero-order valence-electron chi connectivity index (χ0n) is 12.3. The summed E-state index contributed by atoms with van der Waals surface area (Å²) in [6, 6.07) is 18.5. The highest BCUT2D eigenvalue weighted by Crippen LogP contribution is 2.26. The highest BCUT2D eigenvalue weighted by Gasteiger charge is 2.17. The van der Waals surface area contributed by atoms with Gasteiger partial charge in [-0.05, 0) is 33.7 Å². The van der Waals surface area contributed by atoms with Crippen LogP contribution in [0.5, 0.6) is 0 Å². The minimum Gasteiger partial charge on any atom is -0.306 e. The molecule has 2 heterocycles. The molecule has 1 atom stereocenters. The smallest absolute Gasteiger partial charge is 0.139 e. The summed E-state index contributed by atoms with van der Waals surface area (Å²) < 4.78 is 3.74. The first-order valence-electron chi connectivity index (χ1n) is 7.27. The Labute approximate surface area is 133 Å². The Hall–Kier alpha value is -3.28. The third-order valence-electron chi connectivity index (χ3n) is 3.76. The Bertz CT molecular complexity index is 851. The number of rotatable bonds is 4. The average Bonchev–Trinajstić information content (AvgIpc) is 3.31. The zero-order valence-corrected chi connectivity index (χ0v) is 12.3. The number of hydrogen-bond acceptors (Lipinski definition) is 4. The van der Waals surface area contributed by atoms with Crippen LogP contribution in [0.1, 0.15) is 17.2 Å². The highest BCUT2D eigenvalue weighted by molar-refractivity contribution is 5.39. The standard InChI is InChI=1S/C17H14N6/c1-2-4-14(5-3-1)17(23-13-19-20-21-23)15-6-8-16(9-7-15)22-11-10-18-12-22/h1-13,17H. The van der Waals surface area contributed by atoms with Gasteiger partial charge in [0, 0.05) is 18.1 Å². The molecule has 0 bridgehead atoms. The molecule has 0 radical (unpaired) electrons. The van der Waals surface area contributed by atoms with Crippen molar-refractivity contribution in [3.05, 3.63) is 90.8 Å². The van der Waals surface area contributed by atoms with E-state index in [9.17, 15) is 0 Å². The maximum atomic E-state index is 4.08. The molecule has 112 valence electrons. The van der Waals surface area contributed by atoms with Crippen LogP contribution in [-0.2, 0) is 0 Å². The van der Waals surface area contributed by atoms with Crippen LogP contribution >= 0.6 is 0 Å². The van der Waals surface area contributed by atoms with Crippen molar-refractivity contribution >= 4 is 0 Å². The predicted octanol–water partition coefficient (Wildman–Crippen LogP) is 2.50. The third-order valence-corrected chi connectivity index (χ3v) is 3.76. The largest absolute Gasteiger partial charge is 0.306 e. The van der Waals surface area contributed by atoms with Crippen LogP contribution in [0.15, 0.2) is 79.6 Å². The molecular weight excluding hydrogens is 288 g/mol. The van der Waals surface area contributed by atoms with Gasteiger partial charge in [-0.3, -0.25) is 0 Å². The Morgan fingerprint density at radius 1 is 0.826 bits per heavy atom. The Morgan fingerprint density at radius 3 is 2.26 bits per heavy atom. The van der Waals surface area contributed by atoms with Gasteiger partial charge in [-0.2, -0.15) is 0 Å². The summed E-state index contributed by atoms with van der Waals surface area (Å²) in [4.78, 5) is 4.08. The number of imidazole rings is 1. The molecule has 0 aliphatic carbocycles. The van der Waals surface area contributed by atoms with E-state index >= 15 is 0 Å². The van der Waals surface area contributed by atoms with E-state index in [0.29, 0.717) is 0 Å². The fourth-order valence-corrected chi connectivity index (χ4v) is 2.66. The SMILES string of the molecule is c1ccc(C(c2ccc(-n3ccnc3)cc2)n2cnnn2)cc1. The number of benzene rings is 2. The maximum Gasteiger partial charge on any atom is 0.139 e. The molecule has 0 aliphatic rings. The van der Waals surface area contributed by atoms with Crippen LogP contribution in [0.4, 0.5) is 0 Å². The van der Waals surface area contributed by atoms with E-state index in [0.717, 1.165) is 16.8 Å². The van der Waals surface area contributed by atoms with Gasteiger partial charge >= 0.3 is 0 Å². The molecule has 0 N–H and O–H groups in total. The molecule has 0 amide bonds. The summed E-state index contributed by atoms with van der Waals surface area (Å²) >= 11 is 0. The molecule has 2 aromatic carbocycles. The van der Waals surface area contributed by atoms with E-state index < -0.39 is 0 Å². The minimum atomic E-state index is -0.0527. The van der Waals surface area contributed by atoms with Gasteiger partial charge in [-0.15, -0.1) is 5.10 Å². The lowest BCUT2D eigenvalue weighted by atomic mass is 9.99. The van der Waals surface area contributed by atoms with E-state index in [1.165, 1.54) is 0 Å². The fourth-order valence-electron chi connectivity index (χ4n) is 2.66.